The van der Waals surface area contributed by atoms with Gasteiger partial charge in [0.25, 0.3) is 5.56 Å². The Hall–Kier alpha value is -1.30. The van der Waals surface area contributed by atoms with Gasteiger partial charge < -0.3 is 10.8 Å². The summed E-state index contributed by atoms with van der Waals surface area (Å²) in [6, 6.07) is 0.509. The third-order valence-corrected chi connectivity index (χ3v) is 2.36. The Kier molecular flexibility index (Phi) is 2.95. The number of nitrogen functional groups attached to an aromatic ring is 1. The first-order valence-corrected chi connectivity index (χ1v) is 4.62. The van der Waals surface area contributed by atoms with Crippen molar-refractivity contribution in [3.8, 4) is 0 Å². The molecule has 0 bridgehead atoms. The summed E-state index contributed by atoms with van der Waals surface area (Å²) in [4.78, 5) is 22.1. The molecule has 5 nitrogen and oxygen atoms in total. The van der Waals surface area contributed by atoms with Gasteiger partial charge in [-0.3, -0.25) is 9.36 Å². The minimum Gasteiger partial charge on any atom is -0.480 e. The van der Waals surface area contributed by atoms with Gasteiger partial charge in [0.2, 0.25) is 0 Å². The van der Waals surface area contributed by atoms with Gasteiger partial charge in [-0.05, 0) is 28.9 Å². The molecular weight excluding hydrogens is 252 g/mol. The smallest absolute Gasteiger partial charge is 0.326 e. The molecule has 0 radical (unpaired) electrons. The maximum Gasteiger partial charge on any atom is 0.326 e. The number of anilines is 1. The lowest BCUT2D eigenvalue weighted by Crippen LogP contribution is -2.28. The molecule has 1 heterocycles. The van der Waals surface area contributed by atoms with E-state index in [2.05, 4.69) is 15.9 Å². The van der Waals surface area contributed by atoms with Crippen LogP contribution in [0.3, 0.4) is 0 Å². The van der Waals surface area contributed by atoms with Crippen LogP contribution in [0.2, 0.25) is 0 Å². The van der Waals surface area contributed by atoms with E-state index in [1.165, 1.54) is 19.2 Å². The molecule has 0 fully saturated rings. The molecule has 1 aromatic rings. The number of hydrogen-bond acceptors (Lipinski definition) is 3. The summed E-state index contributed by atoms with van der Waals surface area (Å²) >= 11 is 3.01. The first-order chi connectivity index (χ1) is 6.43. The number of pyridine rings is 1. The highest BCUT2D eigenvalue weighted by Gasteiger charge is 2.15. The SMILES string of the molecule is CC(C(=O)O)n1cc(N)cc(Br)c1=O. The lowest BCUT2D eigenvalue weighted by atomic mass is 10.3. The minimum atomic E-state index is -1.08. The average Bonchev–Trinajstić information content (AvgIpc) is 2.09. The zero-order valence-corrected chi connectivity index (χ0v) is 8.98. The number of hydrogen-bond donors (Lipinski definition) is 2. The van der Waals surface area contributed by atoms with E-state index in [1.807, 2.05) is 0 Å². The first-order valence-electron chi connectivity index (χ1n) is 3.83. The monoisotopic (exact) mass is 260 g/mol. The minimum absolute atomic E-state index is 0.255. The van der Waals surface area contributed by atoms with Crippen molar-refractivity contribution in [3.63, 3.8) is 0 Å². The van der Waals surface area contributed by atoms with Crippen LogP contribution < -0.4 is 11.3 Å². The maximum atomic E-state index is 11.5. The molecule has 76 valence electrons. The highest BCUT2D eigenvalue weighted by Crippen LogP contribution is 2.11. The summed E-state index contributed by atoms with van der Waals surface area (Å²) in [5.74, 6) is -1.08. The third kappa shape index (κ3) is 1.95. The lowest BCUT2D eigenvalue weighted by Gasteiger charge is -2.11. The molecule has 1 aromatic heterocycles. The fourth-order valence-corrected chi connectivity index (χ4v) is 1.46. The Morgan fingerprint density at radius 2 is 2.29 bits per heavy atom. The molecule has 0 aliphatic carbocycles. The predicted octanol–water partition coefficient (Wildman–Crippen LogP) is 0.839. The van der Waals surface area contributed by atoms with Gasteiger partial charge >= 0.3 is 5.97 Å². The molecule has 0 amide bonds. The zero-order chi connectivity index (χ0) is 10.9. The van der Waals surface area contributed by atoms with E-state index in [-0.39, 0.29) is 4.47 Å². The van der Waals surface area contributed by atoms with Crippen LogP contribution in [0, 0.1) is 0 Å². The summed E-state index contributed by atoms with van der Waals surface area (Å²) in [6.07, 6.45) is 1.31. The van der Waals surface area contributed by atoms with E-state index in [1.54, 1.807) is 0 Å². The first kappa shape index (κ1) is 10.8. The van der Waals surface area contributed by atoms with Crippen molar-refractivity contribution >= 4 is 27.6 Å². The van der Waals surface area contributed by atoms with Gasteiger partial charge in [-0.2, -0.15) is 0 Å². The molecule has 1 unspecified atom stereocenters. The molecule has 0 aliphatic heterocycles. The Morgan fingerprint density at radius 3 is 2.79 bits per heavy atom. The summed E-state index contributed by atoms with van der Waals surface area (Å²) in [5.41, 5.74) is 5.41. The Labute approximate surface area is 88.3 Å². The summed E-state index contributed by atoms with van der Waals surface area (Å²) in [5, 5.41) is 8.73. The van der Waals surface area contributed by atoms with Crippen molar-refractivity contribution in [2.45, 2.75) is 13.0 Å². The number of carboxylic acids is 1. The van der Waals surface area contributed by atoms with Crippen LogP contribution in [0.25, 0.3) is 0 Å². The molecule has 3 N–H and O–H groups in total. The average molecular weight is 261 g/mol. The van der Waals surface area contributed by atoms with Crippen LogP contribution in [-0.2, 0) is 4.79 Å². The molecule has 0 aromatic carbocycles. The molecule has 1 atom stereocenters. The second-order valence-corrected chi connectivity index (χ2v) is 3.70. The van der Waals surface area contributed by atoms with Crippen LogP contribution in [0.15, 0.2) is 21.5 Å². The van der Waals surface area contributed by atoms with Gasteiger partial charge in [0.05, 0.1) is 4.47 Å². The molecule has 0 saturated heterocycles. The maximum absolute atomic E-state index is 11.5. The largest absolute Gasteiger partial charge is 0.480 e. The number of nitrogens with zero attached hydrogens (tertiary/aromatic N) is 1. The van der Waals surface area contributed by atoms with E-state index >= 15 is 0 Å². The molecular formula is C8H9BrN2O3. The fourth-order valence-electron chi connectivity index (χ4n) is 0.995. The number of rotatable bonds is 2. The van der Waals surface area contributed by atoms with Crippen molar-refractivity contribution in [2.75, 3.05) is 5.73 Å². The van der Waals surface area contributed by atoms with Gasteiger partial charge in [0.15, 0.2) is 0 Å². The standard InChI is InChI=1S/C8H9BrN2O3/c1-4(8(13)14)11-3-5(10)2-6(9)7(11)12/h2-4H,10H2,1H3,(H,13,14). The van der Waals surface area contributed by atoms with Crippen molar-refractivity contribution in [1.82, 2.24) is 4.57 Å². The van der Waals surface area contributed by atoms with Gasteiger partial charge in [-0.15, -0.1) is 0 Å². The number of nitrogens with two attached hydrogens (primary N) is 1. The lowest BCUT2D eigenvalue weighted by molar-refractivity contribution is -0.140. The van der Waals surface area contributed by atoms with E-state index in [0.717, 1.165) is 4.57 Å². The van der Waals surface area contributed by atoms with Gasteiger partial charge in [0, 0.05) is 11.9 Å². The summed E-state index contributed by atoms with van der Waals surface area (Å²) < 4.78 is 1.33. The van der Waals surface area contributed by atoms with Crippen molar-refractivity contribution in [2.24, 2.45) is 0 Å². The van der Waals surface area contributed by atoms with Crippen LogP contribution in [0.4, 0.5) is 5.69 Å². The van der Waals surface area contributed by atoms with Gasteiger partial charge in [0.1, 0.15) is 6.04 Å². The number of carbonyl (C=O) groups is 1. The molecule has 0 saturated carbocycles. The molecule has 0 spiro atoms. The normalized spacial score (nSPS) is 12.4. The van der Waals surface area contributed by atoms with Crippen LogP contribution in [-0.4, -0.2) is 15.6 Å². The molecule has 0 aliphatic rings. The zero-order valence-electron chi connectivity index (χ0n) is 7.40. The van der Waals surface area contributed by atoms with E-state index in [9.17, 15) is 9.59 Å². The number of aromatic nitrogens is 1. The van der Waals surface area contributed by atoms with Crippen molar-refractivity contribution in [3.05, 3.63) is 27.1 Å². The van der Waals surface area contributed by atoms with E-state index < -0.39 is 17.6 Å². The van der Waals surface area contributed by atoms with Crippen molar-refractivity contribution in [1.29, 1.82) is 0 Å². The molecule has 1 rings (SSSR count). The topological polar surface area (TPSA) is 85.3 Å². The Bertz CT molecular complexity index is 427. The second kappa shape index (κ2) is 3.83. The van der Waals surface area contributed by atoms with Crippen LogP contribution in [0.1, 0.15) is 13.0 Å². The molecule has 6 heteroatoms. The summed E-state index contributed by atoms with van der Waals surface area (Å²) in [7, 11) is 0. The van der Waals surface area contributed by atoms with Crippen LogP contribution in [0.5, 0.6) is 0 Å². The Morgan fingerprint density at radius 1 is 1.71 bits per heavy atom. The number of aliphatic carboxylic acids is 1. The number of carboxylic acid groups (broad SMARTS) is 1. The second-order valence-electron chi connectivity index (χ2n) is 2.85. The quantitative estimate of drug-likeness (QED) is 0.825. The summed E-state index contributed by atoms with van der Waals surface area (Å²) in [6.45, 7) is 1.41. The van der Waals surface area contributed by atoms with Gasteiger partial charge in [-0.1, -0.05) is 0 Å². The fraction of sp³-hybridized carbons (Fsp3) is 0.250. The third-order valence-electron chi connectivity index (χ3n) is 1.80. The number of halogens is 1. The van der Waals surface area contributed by atoms with Crippen molar-refractivity contribution < 1.29 is 9.90 Å². The van der Waals surface area contributed by atoms with Crippen LogP contribution >= 0.6 is 15.9 Å². The Balaban J connectivity index is 3.34. The highest BCUT2D eigenvalue weighted by atomic mass is 79.9. The highest BCUT2D eigenvalue weighted by molar-refractivity contribution is 9.10. The van der Waals surface area contributed by atoms with E-state index in [4.69, 9.17) is 10.8 Å². The molecule has 14 heavy (non-hydrogen) atoms. The predicted molar refractivity (Wildman–Crippen MR) is 55.2 cm³/mol. The van der Waals surface area contributed by atoms with Gasteiger partial charge in [-0.25, -0.2) is 4.79 Å². The van der Waals surface area contributed by atoms with E-state index in [0.29, 0.717) is 5.69 Å².